The van der Waals surface area contributed by atoms with Crippen LogP contribution in [0.3, 0.4) is 0 Å². The van der Waals surface area contributed by atoms with E-state index in [4.69, 9.17) is 9.26 Å². The van der Waals surface area contributed by atoms with E-state index < -0.39 is 0 Å². The van der Waals surface area contributed by atoms with Gasteiger partial charge in [0.15, 0.2) is 5.82 Å². The molecule has 0 fully saturated rings. The van der Waals surface area contributed by atoms with E-state index in [1.807, 2.05) is 24.3 Å². The molecule has 0 bridgehead atoms. The van der Waals surface area contributed by atoms with Gasteiger partial charge >= 0.3 is 0 Å². The molecule has 2 aromatic rings. The van der Waals surface area contributed by atoms with Gasteiger partial charge < -0.3 is 9.26 Å². The molecule has 0 atom stereocenters. The molecule has 4 heteroatoms. The topological polar surface area (TPSA) is 48.2 Å². The van der Waals surface area contributed by atoms with Crippen LogP contribution in [0.15, 0.2) is 35.4 Å². The van der Waals surface area contributed by atoms with Crippen molar-refractivity contribution in [3.8, 4) is 17.2 Å². The highest BCUT2D eigenvalue weighted by Crippen LogP contribution is 2.26. The van der Waals surface area contributed by atoms with Crippen LogP contribution in [-0.2, 0) is 6.42 Å². The molecule has 4 nitrogen and oxygen atoms in total. The van der Waals surface area contributed by atoms with Crippen molar-refractivity contribution in [1.82, 2.24) is 10.1 Å². The number of methoxy groups -OCH3 is 1. The van der Waals surface area contributed by atoms with Gasteiger partial charge in [0.1, 0.15) is 5.75 Å². The van der Waals surface area contributed by atoms with Gasteiger partial charge in [-0.15, -0.1) is 6.58 Å². The molecule has 0 radical (unpaired) electrons. The van der Waals surface area contributed by atoms with Crippen molar-refractivity contribution < 1.29 is 9.26 Å². The molecule has 1 aromatic carbocycles. The molecule has 88 valence electrons. The highest BCUT2D eigenvalue weighted by molar-refractivity contribution is 5.57. The smallest absolute Gasteiger partial charge is 0.257 e. The van der Waals surface area contributed by atoms with Crippen molar-refractivity contribution in [2.45, 2.75) is 13.3 Å². The molecule has 0 saturated carbocycles. The molecule has 17 heavy (non-hydrogen) atoms. The summed E-state index contributed by atoms with van der Waals surface area (Å²) in [5, 5.41) is 3.77. The minimum absolute atomic E-state index is 0.524. The maximum absolute atomic E-state index is 5.28. The fourth-order valence-electron chi connectivity index (χ4n) is 1.64. The largest absolute Gasteiger partial charge is 0.496 e. The van der Waals surface area contributed by atoms with E-state index in [0.29, 0.717) is 11.7 Å². The summed E-state index contributed by atoms with van der Waals surface area (Å²) in [6.07, 6.45) is 2.57. The standard InChI is InChI=1S/C13H14N2O2/c1-4-5-10-8-11(6-7-12(10)16-3)13-14-9(2)15-17-13/h4,6-8H,1,5H2,2-3H3. The second-order valence-electron chi connectivity index (χ2n) is 3.67. The minimum Gasteiger partial charge on any atom is -0.496 e. The average molecular weight is 230 g/mol. The van der Waals surface area contributed by atoms with Crippen LogP contribution in [0.4, 0.5) is 0 Å². The van der Waals surface area contributed by atoms with Gasteiger partial charge in [0.25, 0.3) is 5.89 Å². The predicted octanol–water partition coefficient (Wildman–Crippen LogP) is 2.78. The number of ether oxygens (including phenoxy) is 1. The van der Waals surface area contributed by atoms with Gasteiger partial charge in [-0.1, -0.05) is 11.2 Å². The Kier molecular flexibility index (Phi) is 3.23. The summed E-state index contributed by atoms with van der Waals surface area (Å²) in [5.74, 6) is 1.99. The third kappa shape index (κ3) is 2.36. The summed E-state index contributed by atoms with van der Waals surface area (Å²) in [7, 11) is 1.65. The Morgan fingerprint density at radius 3 is 2.88 bits per heavy atom. The summed E-state index contributed by atoms with van der Waals surface area (Å²) >= 11 is 0. The van der Waals surface area contributed by atoms with Crippen LogP contribution >= 0.6 is 0 Å². The number of hydrogen-bond acceptors (Lipinski definition) is 4. The summed E-state index contributed by atoms with van der Waals surface area (Å²) in [5.41, 5.74) is 1.94. The number of nitrogens with zero attached hydrogens (tertiary/aromatic N) is 2. The van der Waals surface area contributed by atoms with E-state index in [9.17, 15) is 0 Å². The van der Waals surface area contributed by atoms with Crippen molar-refractivity contribution in [2.24, 2.45) is 0 Å². The number of aromatic nitrogens is 2. The maximum atomic E-state index is 5.28. The lowest BCUT2D eigenvalue weighted by Crippen LogP contribution is -1.91. The maximum Gasteiger partial charge on any atom is 0.257 e. The first-order valence-electron chi connectivity index (χ1n) is 5.33. The molecule has 0 spiro atoms. The molecule has 0 aliphatic heterocycles. The van der Waals surface area contributed by atoms with Gasteiger partial charge in [-0.2, -0.15) is 4.98 Å². The summed E-state index contributed by atoms with van der Waals surface area (Å²) < 4.78 is 10.4. The Morgan fingerprint density at radius 1 is 1.47 bits per heavy atom. The third-order valence-electron chi connectivity index (χ3n) is 2.42. The van der Waals surface area contributed by atoms with Crippen LogP contribution in [-0.4, -0.2) is 17.3 Å². The lowest BCUT2D eigenvalue weighted by Gasteiger charge is -2.07. The van der Waals surface area contributed by atoms with Crippen LogP contribution < -0.4 is 4.74 Å². The quantitative estimate of drug-likeness (QED) is 0.758. The monoisotopic (exact) mass is 230 g/mol. The van der Waals surface area contributed by atoms with Gasteiger partial charge in [-0.05, 0) is 37.1 Å². The van der Waals surface area contributed by atoms with E-state index >= 15 is 0 Å². The number of hydrogen-bond donors (Lipinski definition) is 0. The van der Waals surface area contributed by atoms with Crippen LogP contribution in [0.2, 0.25) is 0 Å². The second-order valence-corrected chi connectivity index (χ2v) is 3.67. The van der Waals surface area contributed by atoms with Crippen LogP contribution in [0.5, 0.6) is 5.75 Å². The predicted molar refractivity (Wildman–Crippen MR) is 64.9 cm³/mol. The van der Waals surface area contributed by atoms with Gasteiger partial charge in [0.2, 0.25) is 0 Å². The summed E-state index contributed by atoms with van der Waals surface area (Å²) in [4.78, 5) is 4.19. The Labute approximate surface area is 99.9 Å². The van der Waals surface area contributed by atoms with Crippen molar-refractivity contribution >= 4 is 0 Å². The minimum atomic E-state index is 0.524. The van der Waals surface area contributed by atoms with Crippen molar-refractivity contribution in [2.75, 3.05) is 7.11 Å². The van der Waals surface area contributed by atoms with Crippen LogP contribution in [0.1, 0.15) is 11.4 Å². The zero-order valence-corrected chi connectivity index (χ0v) is 9.93. The van der Waals surface area contributed by atoms with Crippen LogP contribution in [0.25, 0.3) is 11.5 Å². The molecular formula is C13H14N2O2. The number of allylic oxidation sites excluding steroid dienone is 1. The third-order valence-corrected chi connectivity index (χ3v) is 2.42. The molecule has 2 rings (SSSR count). The lowest BCUT2D eigenvalue weighted by molar-refractivity contribution is 0.410. The Morgan fingerprint density at radius 2 is 2.29 bits per heavy atom. The lowest BCUT2D eigenvalue weighted by atomic mass is 10.1. The first-order valence-corrected chi connectivity index (χ1v) is 5.33. The molecule has 0 amide bonds. The van der Waals surface area contributed by atoms with Crippen molar-refractivity contribution in [3.63, 3.8) is 0 Å². The van der Waals surface area contributed by atoms with E-state index in [1.165, 1.54) is 0 Å². The van der Waals surface area contributed by atoms with E-state index in [2.05, 4.69) is 16.7 Å². The van der Waals surface area contributed by atoms with E-state index in [0.717, 1.165) is 23.3 Å². The molecule has 0 aliphatic rings. The van der Waals surface area contributed by atoms with Crippen molar-refractivity contribution in [1.29, 1.82) is 0 Å². The first kappa shape index (κ1) is 11.4. The molecule has 0 unspecified atom stereocenters. The molecular weight excluding hydrogens is 216 g/mol. The van der Waals surface area contributed by atoms with Gasteiger partial charge in [0, 0.05) is 5.56 Å². The summed E-state index contributed by atoms with van der Waals surface area (Å²) in [6, 6.07) is 5.78. The SMILES string of the molecule is C=CCc1cc(-c2nc(C)no2)ccc1OC. The molecule has 0 N–H and O–H groups in total. The molecule has 0 saturated heterocycles. The van der Waals surface area contributed by atoms with E-state index in [-0.39, 0.29) is 0 Å². The highest BCUT2D eigenvalue weighted by Gasteiger charge is 2.09. The number of aryl methyl sites for hydroxylation is 1. The first-order chi connectivity index (χ1) is 8.24. The number of benzene rings is 1. The molecule has 1 aromatic heterocycles. The second kappa shape index (κ2) is 4.82. The average Bonchev–Trinajstić information content (AvgIpc) is 2.76. The Bertz CT molecular complexity index is 532. The summed E-state index contributed by atoms with van der Waals surface area (Å²) in [6.45, 7) is 5.52. The normalized spacial score (nSPS) is 10.2. The van der Waals surface area contributed by atoms with Gasteiger partial charge in [-0.3, -0.25) is 0 Å². The highest BCUT2D eigenvalue weighted by atomic mass is 16.5. The van der Waals surface area contributed by atoms with Gasteiger partial charge in [0.05, 0.1) is 7.11 Å². The Hall–Kier alpha value is -2.10. The van der Waals surface area contributed by atoms with Crippen LogP contribution in [0, 0.1) is 6.92 Å². The fourth-order valence-corrected chi connectivity index (χ4v) is 1.64. The van der Waals surface area contributed by atoms with Crippen molar-refractivity contribution in [3.05, 3.63) is 42.2 Å². The fraction of sp³-hybridized carbons (Fsp3) is 0.231. The van der Waals surface area contributed by atoms with E-state index in [1.54, 1.807) is 14.0 Å². The zero-order valence-electron chi connectivity index (χ0n) is 9.93. The Balaban J connectivity index is 2.42. The van der Waals surface area contributed by atoms with Gasteiger partial charge in [-0.25, -0.2) is 0 Å². The molecule has 0 aliphatic carbocycles. The number of rotatable bonds is 4. The zero-order chi connectivity index (χ0) is 12.3. The molecule has 1 heterocycles.